The van der Waals surface area contributed by atoms with Crippen LogP contribution in [0.1, 0.15) is 17.4 Å². The zero-order valence-electron chi connectivity index (χ0n) is 8.77. The fraction of sp³-hybridized carbons (Fsp3) is 0.400. The summed E-state index contributed by atoms with van der Waals surface area (Å²) in [7, 11) is 0. The molecule has 0 radical (unpaired) electrons. The number of nitrogens with one attached hydrogen (secondary N) is 1. The third kappa shape index (κ3) is 3.16. The molecule has 88 valence electrons. The van der Waals surface area contributed by atoms with Gasteiger partial charge >= 0.3 is 0 Å². The van der Waals surface area contributed by atoms with Gasteiger partial charge in [0.05, 0.1) is 18.8 Å². The zero-order valence-corrected chi connectivity index (χ0v) is 9.53. The molecule has 0 saturated heterocycles. The Morgan fingerprint density at radius 2 is 2.12 bits per heavy atom. The predicted octanol–water partition coefficient (Wildman–Crippen LogP) is 0.208. The van der Waals surface area contributed by atoms with Crippen LogP contribution in [0.15, 0.2) is 18.2 Å². The van der Waals surface area contributed by atoms with Gasteiger partial charge in [0, 0.05) is 0 Å². The Hall–Kier alpha value is -1.17. The first-order valence-corrected chi connectivity index (χ1v) is 5.05. The van der Waals surface area contributed by atoms with Crippen molar-refractivity contribution in [1.82, 2.24) is 10.3 Å². The number of aliphatic hydroxyl groups excluding tert-OH is 2. The van der Waals surface area contributed by atoms with Crippen LogP contribution in [0.4, 0.5) is 0 Å². The molecule has 0 aliphatic heterocycles. The van der Waals surface area contributed by atoms with Crippen LogP contribution in [-0.2, 0) is 0 Å². The molecule has 0 atom stereocenters. The zero-order chi connectivity index (χ0) is 12.2. The molecule has 1 rings (SSSR count). The van der Waals surface area contributed by atoms with Crippen LogP contribution < -0.4 is 5.32 Å². The molecular weight excluding hydrogens is 232 g/mol. The maximum Gasteiger partial charge on any atom is 0.270 e. The van der Waals surface area contributed by atoms with E-state index in [9.17, 15) is 4.79 Å². The number of rotatable bonds is 4. The van der Waals surface area contributed by atoms with E-state index < -0.39 is 11.4 Å². The number of amides is 1. The van der Waals surface area contributed by atoms with E-state index in [1.807, 2.05) is 0 Å². The van der Waals surface area contributed by atoms with E-state index in [1.165, 1.54) is 13.0 Å². The van der Waals surface area contributed by atoms with Crippen molar-refractivity contribution >= 4 is 17.5 Å². The summed E-state index contributed by atoms with van der Waals surface area (Å²) < 4.78 is 0. The monoisotopic (exact) mass is 244 g/mol. The molecule has 1 aromatic heterocycles. The van der Waals surface area contributed by atoms with Crippen LogP contribution in [0.25, 0.3) is 0 Å². The van der Waals surface area contributed by atoms with Crippen LogP contribution in [0, 0.1) is 0 Å². The second kappa shape index (κ2) is 5.25. The van der Waals surface area contributed by atoms with Gasteiger partial charge in [-0.1, -0.05) is 17.7 Å². The van der Waals surface area contributed by atoms with Gasteiger partial charge in [-0.3, -0.25) is 4.79 Å². The lowest BCUT2D eigenvalue weighted by molar-refractivity contribution is 0.0719. The second-order valence-corrected chi connectivity index (χ2v) is 4.06. The summed E-state index contributed by atoms with van der Waals surface area (Å²) >= 11 is 5.64. The number of carbonyl (C=O) groups is 1. The number of pyridine rings is 1. The Labute approximate surface area is 98.1 Å². The molecule has 3 N–H and O–H groups in total. The maximum atomic E-state index is 11.7. The molecule has 0 aliphatic carbocycles. The Bertz CT molecular complexity index is 380. The van der Waals surface area contributed by atoms with Crippen LogP contribution in [-0.4, -0.2) is 39.9 Å². The van der Waals surface area contributed by atoms with E-state index >= 15 is 0 Å². The normalized spacial score (nSPS) is 11.2. The summed E-state index contributed by atoms with van der Waals surface area (Å²) in [5.74, 6) is -0.492. The minimum Gasteiger partial charge on any atom is -0.394 e. The topological polar surface area (TPSA) is 82.5 Å². The summed E-state index contributed by atoms with van der Waals surface area (Å²) in [5.41, 5.74) is -0.929. The fourth-order valence-electron chi connectivity index (χ4n) is 1.00. The predicted molar refractivity (Wildman–Crippen MR) is 59.3 cm³/mol. The number of carbonyl (C=O) groups excluding carboxylic acids is 1. The summed E-state index contributed by atoms with van der Waals surface area (Å²) in [6, 6.07) is 4.64. The van der Waals surface area contributed by atoms with Gasteiger partial charge in [0.1, 0.15) is 10.8 Å². The van der Waals surface area contributed by atoms with E-state index in [0.29, 0.717) is 0 Å². The van der Waals surface area contributed by atoms with Crippen molar-refractivity contribution in [3.63, 3.8) is 0 Å². The largest absolute Gasteiger partial charge is 0.394 e. The third-order valence-electron chi connectivity index (χ3n) is 2.06. The molecule has 0 spiro atoms. The van der Waals surface area contributed by atoms with Gasteiger partial charge < -0.3 is 15.5 Å². The summed E-state index contributed by atoms with van der Waals surface area (Å²) in [5, 5.41) is 20.7. The van der Waals surface area contributed by atoms with Gasteiger partial charge in [-0.2, -0.15) is 0 Å². The molecule has 1 amide bonds. The lowest BCUT2D eigenvalue weighted by atomic mass is 10.1. The van der Waals surface area contributed by atoms with Gasteiger partial charge in [-0.05, 0) is 19.1 Å². The SMILES string of the molecule is CC(CO)(CO)NC(=O)c1cccc(Cl)n1. The van der Waals surface area contributed by atoms with E-state index in [4.69, 9.17) is 21.8 Å². The quantitative estimate of drug-likeness (QED) is 0.662. The molecule has 0 unspecified atom stereocenters. The molecule has 0 bridgehead atoms. The molecule has 1 heterocycles. The van der Waals surface area contributed by atoms with Crippen LogP contribution in [0.5, 0.6) is 0 Å². The highest BCUT2D eigenvalue weighted by molar-refractivity contribution is 6.29. The van der Waals surface area contributed by atoms with Crippen molar-refractivity contribution in [2.45, 2.75) is 12.5 Å². The first-order chi connectivity index (χ1) is 7.50. The van der Waals surface area contributed by atoms with E-state index in [-0.39, 0.29) is 24.1 Å². The van der Waals surface area contributed by atoms with Crippen molar-refractivity contribution in [2.24, 2.45) is 0 Å². The van der Waals surface area contributed by atoms with Gasteiger partial charge in [0.15, 0.2) is 0 Å². The molecular formula is C10H13ClN2O3. The number of hydrogen-bond acceptors (Lipinski definition) is 4. The Morgan fingerprint density at radius 1 is 1.50 bits per heavy atom. The van der Waals surface area contributed by atoms with Crippen molar-refractivity contribution in [2.75, 3.05) is 13.2 Å². The van der Waals surface area contributed by atoms with Gasteiger partial charge in [-0.15, -0.1) is 0 Å². The Balaban J connectivity index is 2.80. The minimum absolute atomic E-state index is 0.139. The minimum atomic E-state index is -1.07. The molecule has 0 fully saturated rings. The average Bonchev–Trinajstić information content (AvgIpc) is 2.29. The van der Waals surface area contributed by atoms with E-state index in [2.05, 4.69) is 10.3 Å². The van der Waals surface area contributed by atoms with Gasteiger partial charge in [-0.25, -0.2) is 4.98 Å². The smallest absolute Gasteiger partial charge is 0.270 e. The number of halogens is 1. The van der Waals surface area contributed by atoms with Crippen molar-refractivity contribution in [1.29, 1.82) is 0 Å². The average molecular weight is 245 g/mol. The summed E-state index contributed by atoms with van der Waals surface area (Å²) in [6.07, 6.45) is 0. The van der Waals surface area contributed by atoms with Crippen LogP contribution >= 0.6 is 11.6 Å². The Morgan fingerprint density at radius 3 is 2.62 bits per heavy atom. The lowest BCUT2D eigenvalue weighted by Crippen LogP contribution is -2.51. The number of hydrogen-bond donors (Lipinski definition) is 3. The first kappa shape index (κ1) is 12.9. The molecule has 5 nitrogen and oxygen atoms in total. The highest BCUT2D eigenvalue weighted by atomic mass is 35.5. The number of aliphatic hydroxyl groups is 2. The molecule has 1 aromatic rings. The molecule has 0 aliphatic rings. The second-order valence-electron chi connectivity index (χ2n) is 3.68. The number of nitrogens with zero attached hydrogens (tertiary/aromatic N) is 1. The van der Waals surface area contributed by atoms with E-state index in [0.717, 1.165) is 0 Å². The molecule has 6 heteroatoms. The van der Waals surface area contributed by atoms with Gasteiger partial charge in [0.2, 0.25) is 0 Å². The van der Waals surface area contributed by atoms with Gasteiger partial charge in [0.25, 0.3) is 5.91 Å². The van der Waals surface area contributed by atoms with Crippen LogP contribution in [0.2, 0.25) is 5.15 Å². The van der Waals surface area contributed by atoms with Crippen molar-refractivity contribution in [3.8, 4) is 0 Å². The maximum absolute atomic E-state index is 11.7. The molecule has 0 saturated carbocycles. The van der Waals surface area contributed by atoms with E-state index in [1.54, 1.807) is 12.1 Å². The summed E-state index contributed by atoms with van der Waals surface area (Å²) in [6.45, 7) is 0.793. The Kier molecular flexibility index (Phi) is 4.23. The van der Waals surface area contributed by atoms with Crippen molar-refractivity contribution in [3.05, 3.63) is 29.0 Å². The third-order valence-corrected chi connectivity index (χ3v) is 2.27. The van der Waals surface area contributed by atoms with Crippen molar-refractivity contribution < 1.29 is 15.0 Å². The highest BCUT2D eigenvalue weighted by Gasteiger charge is 2.25. The fourth-order valence-corrected chi connectivity index (χ4v) is 1.17. The van der Waals surface area contributed by atoms with Crippen LogP contribution in [0.3, 0.4) is 0 Å². The lowest BCUT2D eigenvalue weighted by Gasteiger charge is -2.25. The standard InChI is InChI=1S/C10H13ClN2O3/c1-10(5-14,6-15)13-9(16)7-3-2-4-8(11)12-7/h2-4,14-15H,5-6H2,1H3,(H,13,16). The highest BCUT2D eigenvalue weighted by Crippen LogP contribution is 2.07. The molecule has 0 aromatic carbocycles. The first-order valence-electron chi connectivity index (χ1n) is 4.67. The summed E-state index contributed by atoms with van der Waals surface area (Å²) in [4.78, 5) is 15.5. The molecule has 16 heavy (non-hydrogen) atoms. The number of aromatic nitrogens is 1.